The Balaban J connectivity index is 1.68. The number of hydrogen-bond acceptors (Lipinski definition) is 5. The molecule has 0 spiro atoms. The molecular weight excluding hydrogens is 354 g/mol. The largest absolute Gasteiger partial charge is 0.482 e. The molecule has 0 aliphatic rings. The Bertz CT molecular complexity index is 924. The fourth-order valence-electron chi connectivity index (χ4n) is 2.67. The minimum Gasteiger partial charge on any atom is -0.482 e. The van der Waals surface area contributed by atoms with Crippen molar-refractivity contribution < 1.29 is 19.4 Å². The maximum atomic E-state index is 12.5. The molecule has 3 aromatic rings. The number of fused-ring (bicyclic) bond motifs is 1. The fraction of sp³-hybridized carbons (Fsp3) is 0.278. The summed E-state index contributed by atoms with van der Waals surface area (Å²) in [4.78, 5) is 24.7. The van der Waals surface area contributed by atoms with Gasteiger partial charge in [-0.05, 0) is 37.6 Å². The van der Waals surface area contributed by atoms with Crippen molar-refractivity contribution in [2.24, 2.45) is 7.05 Å². The van der Waals surface area contributed by atoms with Gasteiger partial charge in [-0.25, -0.2) is 4.79 Å². The van der Waals surface area contributed by atoms with Gasteiger partial charge in [-0.3, -0.25) is 9.48 Å². The molecule has 0 saturated heterocycles. The molecule has 0 saturated carbocycles. The van der Waals surface area contributed by atoms with Gasteiger partial charge in [-0.15, -0.1) is 11.3 Å². The van der Waals surface area contributed by atoms with Crippen LogP contribution in [-0.4, -0.2) is 33.4 Å². The number of carboxylic acids is 1. The van der Waals surface area contributed by atoms with Gasteiger partial charge in [-0.2, -0.15) is 5.10 Å². The lowest BCUT2D eigenvalue weighted by atomic mass is 10.1. The quantitative estimate of drug-likeness (QED) is 0.693. The van der Waals surface area contributed by atoms with E-state index in [4.69, 9.17) is 9.84 Å². The van der Waals surface area contributed by atoms with Crippen molar-refractivity contribution in [2.75, 3.05) is 6.61 Å². The summed E-state index contributed by atoms with van der Waals surface area (Å²) in [6.45, 7) is 3.43. The Hall–Kier alpha value is -2.87. The number of aromatic nitrogens is 2. The second kappa shape index (κ2) is 7.17. The van der Waals surface area contributed by atoms with E-state index in [9.17, 15) is 9.59 Å². The van der Waals surface area contributed by atoms with Crippen molar-refractivity contribution in [3.8, 4) is 5.75 Å². The van der Waals surface area contributed by atoms with Gasteiger partial charge < -0.3 is 15.2 Å². The third-order valence-electron chi connectivity index (χ3n) is 4.01. The normalized spacial score (nSPS) is 12.1. The molecule has 136 valence electrons. The third kappa shape index (κ3) is 3.70. The number of nitrogens with one attached hydrogen (secondary N) is 1. The van der Waals surface area contributed by atoms with Crippen LogP contribution in [0.5, 0.6) is 5.75 Å². The molecule has 7 nitrogen and oxygen atoms in total. The van der Waals surface area contributed by atoms with Crippen molar-refractivity contribution in [3.05, 3.63) is 46.5 Å². The number of aliphatic carboxylic acids is 1. The second-order valence-electron chi connectivity index (χ2n) is 5.99. The maximum absolute atomic E-state index is 12.5. The molecule has 0 aliphatic heterocycles. The monoisotopic (exact) mass is 373 g/mol. The first-order valence-electron chi connectivity index (χ1n) is 8.03. The first-order chi connectivity index (χ1) is 12.3. The van der Waals surface area contributed by atoms with E-state index in [2.05, 4.69) is 10.4 Å². The van der Waals surface area contributed by atoms with E-state index in [1.165, 1.54) is 11.3 Å². The summed E-state index contributed by atoms with van der Waals surface area (Å²) in [5.41, 5.74) is 1.81. The van der Waals surface area contributed by atoms with Gasteiger partial charge in [0.15, 0.2) is 6.61 Å². The number of benzene rings is 1. The Kier molecular flexibility index (Phi) is 4.94. The number of hydrogen-bond donors (Lipinski definition) is 2. The van der Waals surface area contributed by atoms with E-state index < -0.39 is 5.97 Å². The highest BCUT2D eigenvalue weighted by molar-refractivity contribution is 7.20. The number of carbonyl (C=O) groups excluding carboxylic acids is 1. The number of nitrogens with zero attached hydrogens (tertiary/aromatic N) is 2. The van der Waals surface area contributed by atoms with Gasteiger partial charge in [0, 0.05) is 12.4 Å². The zero-order chi connectivity index (χ0) is 18.8. The van der Waals surface area contributed by atoms with Crippen LogP contribution in [0.1, 0.15) is 33.9 Å². The van der Waals surface area contributed by atoms with E-state index in [0.29, 0.717) is 10.6 Å². The lowest BCUT2D eigenvalue weighted by molar-refractivity contribution is -0.139. The molecule has 1 unspecified atom stereocenters. The molecular formula is C18H19N3O4S. The summed E-state index contributed by atoms with van der Waals surface area (Å²) in [7, 11) is 1.87. The number of carbonyl (C=O) groups is 2. The Morgan fingerprint density at radius 1 is 1.35 bits per heavy atom. The van der Waals surface area contributed by atoms with Crippen LogP contribution in [0.2, 0.25) is 0 Å². The van der Waals surface area contributed by atoms with E-state index in [0.717, 1.165) is 21.5 Å². The number of amides is 1. The van der Waals surface area contributed by atoms with Crippen LogP contribution in [0, 0.1) is 6.92 Å². The number of rotatable bonds is 6. The highest BCUT2D eigenvalue weighted by Crippen LogP contribution is 2.28. The van der Waals surface area contributed by atoms with E-state index in [1.54, 1.807) is 28.9 Å². The molecule has 2 heterocycles. The van der Waals surface area contributed by atoms with Gasteiger partial charge in [0.2, 0.25) is 0 Å². The molecule has 0 bridgehead atoms. The molecule has 0 radical (unpaired) electrons. The fourth-order valence-corrected chi connectivity index (χ4v) is 3.69. The standard InChI is InChI=1S/C18H19N3O4S/c1-10(12-4-6-13(7-5-12)25-9-16(22)23)19-17(24)15-8-14-11(2)20-21(3)18(14)26-15/h4-8,10H,9H2,1-3H3,(H,19,24)(H,22,23). The zero-order valence-electron chi connectivity index (χ0n) is 14.6. The number of carboxylic acid groups (broad SMARTS) is 1. The minimum atomic E-state index is -1.02. The van der Waals surface area contributed by atoms with Crippen molar-refractivity contribution in [2.45, 2.75) is 19.9 Å². The molecule has 2 N–H and O–H groups in total. The highest BCUT2D eigenvalue weighted by Gasteiger charge is 2.17. The molecule has 1 aromatic carbocycles. The van der Waals surface area contributed by atoms with Crippen molar-refractivity contribution in [3.63, 3.8) is 0 Å². The van der Waals surface area contributed by atoms with E-state index >= 15 is 0 Å². The SMILES string of the molecule is Cc1nn(C)c2sc(C(=O)NC(C)c3ccc(OCC(=O)O)cc3)cc12. The van der Waals surface area contributed by atoms with Crippen LogP contribution >= 0.6 is 11.3 Å². The molecule has 1 atom stereocenters. The van der Waals surface area contributed by atoms with Gasteiger partial charge >= 0.3 is 5.97 Å². The van der Waals surface area contributed by atoms with Crippen LogP contribution in [0.25, 0.3) is 10.2 Å². The Morgan fingerprint density at radius 3 is 2.65 bits per heavy atom. The molecule has 26 heavy (non-hydrogen) atoms. The summed E-state index contributed by atoms with van der Waals surface area (Å²) in [6.07, 6.45) is 0. The topological polar surface area (TPSA) is 93.5 Å². The first-order valence-corrected chi connectivity index (χ1v) is 8.85. The van der Waals surface area contributed by atoms with Crippen molar-refractivity contribution >= 4 is 33.4 Å². The smallest absolute Gasteiger partial charge is 0.341 e. The average Bonchev–Trinajstić information content (AvgIpc) is 3.15. The molecule has 0 fully saturated rings. The molecule has 1 amide bonds. The predicted molar refractivity (Wildman–Crippen MR) is 98.8 cm³/mol. The molecule has 8 heteroatoms. The summed E-state index contributed by atoms with van der Waals surface area (Å²) in [5.74, 6) is -0.685. The van der Waals surface area contributed by atoms with Gasteiger partial charge in [0.1, 0.15) is 10.6 Å². The van der Waals surface area contributed by atoms with Gasteiger partial charge in [0.05, 0.1) is 16.6 Å². The summed E-state index contributed by atoms with van der Waals surface area (Å²) < 4.78 is 6.89. The third-order valence-corrected chi connectivity index (χ3v) is 5.21. The van der Waals surface area contributed by atoms with Crippen LogP contribution in [0.15, 0.2) is 30.3 Å². The summed E-state index contributed by atoms with van der Waals surface area (Å²) in [5, 5.41) is 16.9. The zero-order valence-corrected chi connectivity index (χ0v) is 15.5. The second-order valence-corrected chi connectivity index (χ2v) is 7.02. The van der Waals surface area contributed by atoms with Gasteiger partial charge in [0.25, 0.3) is 5.91 Å². The average molecular weight is 373 g/mol. The number of aryl methyl sites for hydroxylation is 2. The lowest BCUT2D eigenvalue weighted by Gasteiger charge is -2.14. The van der Waals surface area contributed by atoms with Crippen LogP contribution in [-0.2, 0) is 11.8 Å². The van der Waals surface area contributed by atoms with E-state index in [1.807, 2.05) is 27.0 Å². The van der Waals surface area contributed by atoms with E-state index in [-0.39, 0.29) is 18.6 Å². The number of thiophene rings is 1. The maximum Gasteiger partial charge on any atom is 0.341 e. The minimum absolute atomic E-state index is 0.135. The Morgan fingerprint density at radius 2 is 2.04 bits per heavy atom. The lowest BCUT2D eigenvalue weighted by Crippen LogP contribution is -2.25. The molecule has 0 aliphatic carbocycles. The van der Waals surface area contributed by atoms with Crippen LogP contribution < -0.4 is 10.1 Å². The van der Waals surface area contributed by atoms with Crippen molar-refractivity contribution in [1.82, 2.24) is 15.1 Å². The van der Waals surface area contributed by atoms with Crippen molar-refractivity contribution in [1.29, 1.82) is 0 Å². The van der Waals surface area contributed by atoms with Crippen LogP contribution in [0.3, 0.4) is 0 Å². The van der Waals surface area contributed by atoms with Gasteiger partial charge in [-0.1, -0.05) is 12.1 Å². The molecule has 3 rings (SSSR count). The summed E-state index contributed by atoms with van der Waals surface area (Å²) >= 11 is 1.41. The number of ether oxygens (including phenoxy) is 1. The molecule has 2 aromatic heterocycles. The highest BCUT2D eigenvalue weighted by atomic mass is 32.1. The first kappa shape index (κ1) is 17.9. The van der Waals surface area contributed by atoms with Crippen LogP contribution in [0.4, 0.5) is 0 Å². The Labute approximate surface area is 154 Å². The predicted octanol–water partition coefficient (Wildman–Crippen LogP) is 2.90. The summed E-state index contributed by atoms with van der Waals surface area (Å²) in [6, 6.07) is 8.67.